The van der Waals surface area contributed by atoms with Gasteiger partial charge in [0, 0.05) is 5.75 Å². The Morgan fingerprint density at radius 2 is 2.00 bits per heavy atom. The minimum Gasteiger partial charge on any atom is -0.0622 e. The molecule has 1 rings (SSSR count). The molecule has 0 spiro atoms. The summed E-state index contributed by atoms with van der Waals surface area (Å²) in [6, 6.07) is 10.4. The van der Waals surface area contributed by atoms with Crippen molar-refractivity contribution in [1.29, 1.82) is 0 Å². The molecule has 0 aliphatic rings. The topological polar surface area (TPSA) is 0 Å². The van der Waals surface area contributed by atoms with E-state index < -0.39 is 0 Å². The van der Waals surface area contributed by atoms with Gasteiger partial charge in [-0.25, -0.2) is 0 Å². The Labute approximate surface area is 76.5 Å². The molecule has 0 aliphatic carbocycles. The van der Waals surface area contributed by atoms with Crippen LogP contribution in [0.5, 0.6) is 0 Å². The van der Waals surface area contributed by atoms with Gasteiger partial charge in [-0.15, -0.1) is 0 Å². The van der Waals surface area contributed by atoms with E-state index in [4.69, 9.17) is 10.7 Å². The number of halogens is 1. The highest BCUT2D eigenvalue weighted by Crippen LogP contribution is 2.21. The molecular weight excluding hydrogens is 176 g/mol. The van der Waals surface area contributed by atoms with E-state index in [1.165, 1.54) is 16.5 Å². The fourth-order valence-corrected chi connectivity index (χ4v) is 1.92. The van der Waals surface area contributed by atoms with Gasteiger partial charge in [0.25, 0.3) is 0 Å². The second-order valence-electron chi connectivity index (χ2n) is 2.59. The summed E-state index contributed by atoms with van der Waals surface area (Å²) in [5, 5.41) is 0. The molecule has 0 aliphatic heterocycles. The summed E-state index contributed by atoms with van der Waals surface area (Å²) >= 11 is 0. The first-order chi connectivity index (χ1) is 5.34. The molecule has 0 heterocycles. The summed E-state index contributed by atoms with van der Waals surface area (Å²) in [6.45, 7) is 2.19. The molecule has 0 nitrogen and oxygen atoms in total. The Morgan fingerprint density at radius 3 is 2.55 bits per heavy atom. The Bertz CT molecular complexity index is 198. The fraction of sp³-hybridized carbons (Fsp3) is 0.333. The smallest absolute Gasteiger partial charge is 0.0151 e. The van der Waals surface area contributed by atoms with E-state index in [1.807, 2.05) is 6.07 Å². The number of benzene rings is 1. The standard InChI is InChI=1S/C9H11ClS/c1-8(7-11-10)9-5-3-2-4-6-9/h2-6,8H,7H2,1H3. The van der Waals surface area contributed by atoms with Gasteiger partial charge in [0.1, 0.15) is 0 Å². The van der Waals surface area contributed by atoms with Crippen LogP contribution in [-0.4, -0.2) is 5.75 Å². The van der Waals surface area contributed by atoms with Crippen molar-refractivity contribution in [3.8, 4) is 0 Å². The predicted octanol–water partition coefficient (Wildman–Crippen LogP) is 3.68. The van der Waals surface area contributed by atoms with E-state index in [0.717, 1.165) is 5.75 Å². The molecule has 0 radical (unpaired) electrons. The molecular formula is C9H11ClS. The average Bonchev–Trinajstić information content (AvgIpc) is 2.07. The van der Waals surface area contributed by atoms with E-state index in [9.17, 15) is 0 Å². The van der Waals surface area contributed by atoms with Crippen LogP contribution >= 0.6 is 21.7 Å². The lowest BCUT2D eigenvalue weighted by molar-refractivity contribution is 0.883. The molecule has 0 fully saturated rings. The van der Waals surface area contributed by atoms with Crippen molar-refractivity contribution in [3.05, 3.63) is 35.9 Å². The summed E-state index contributed by atoms with van der Waals surface area (Å²) < 4.78 is 0. The van der Waals surface area contributed by atoms with Crippen LogP contribution in [0.25, 0.3) is 0 Å². The molecule has 60 valence electrons. The summed E-state index contributed by atoms with van der Waals surface area (Å²) in [6.07, 6.45) is 0. The highest BCUT2D eigenvalue weighted by Gasteiger charge is 2.02. The van der Waals surface area contributed by atoms with E-state index in [0.29, 0.717) is 5.92 Å². The van der Waals surface area contributed by atoms with Crippen LogP contribution in [0.4, 0.5) is 0 Å². The molecule has 0 saturated heterocycles. The maximum Gasteiger partial charge on any atom is 0.0151 e. The molecule has 11 heavy (non-hydrogen) atoms. The van der Waals surface area contributed by atoms with Crippen molar-refractivity contribution < 1.29 is 0 Å². The molecule has 0 N–H and O–H groups in total. The van der Waals surface area contributed by atoms with Gasteiger partial charge in [-0.05, 0) is 22.2 Å². The number of rotatable bonds is 3. The van der Waals surface area contributed by atoms with E-state index in [1.54, 1.807) is 0 Å². The van der Waals surface area contributed by atoms with E-state index in [-0.39, 0.29) is 0 Å². The molecule has 1 aromatic carbocycles. The molecule has 1 unspecified atom stereocenters. The largest absolute Gasteiger partial charge is 0.0622 e. The molecule has 1 aromatic rings. The first-order valence-corrected chi connectivity index (χ1v) is 5.44. The van der Waals surface area contributed by atoms with Crippen LogP contribution in [0, 0.1) is 0 Å². The number of hydrogen-bond acceptors (Lipinski definition) is 1. The van der Waals surface area contributed by atoms with Gasteiger partial charge >= 0.3 is 0 Å². The van der Waals surface area contributed by atoms with Gasteiger partial charge in [0.05, 0.1) is 0 Å². The quantitative estimate of drug-likeness (QED) is 0.694. The molecule has 0 aromatic heterocycles. The van der Waals surface area contributed by atoms with Crippen LogP contribution in [0.3, 0.4) is 0 Å². The highest BCUT2D eigenvalue weighted by molar-refractivity contribution is 8.21. The van der Waals surface area contributed by atoms with Gasteiger partial charge in [0.2, 0.25) is 0 Å². The van der Waals surface area contributed by atoms with Crippen LogP contribution in [0.1, 0.15) is 18.4 Å². The Kier molecular flexibility index (Phi) is 3.81. The zero-order valence-electron chi connectivity index (χ0n) is 6.46. The molecule has 1 atom stereocenters. The summed E-state index contributed by atoms with van der Waals surface area (Å²) in [7, 11) is 6.94. The van der Waals surface area contributed by atoms with Crippen molar-refractivity contribution in [2.24, 2.45) is 0 Å². The van der Waals surface area contributed by atoms with Crippen LogP contribution in [-0.2, 0) is 0 Å². The Hall–Kier alpha value is -0.140. The second kappa shape index (κ2) is 4.68. The van der Waals surface area contributed by atoms with Crippen molar-refractivity contribution in [2.75, 3.05) is 5.75 Å². The van der Waals surface area contributed by atoms with Crippen molar-refractivity contribution >= 4 is 21.7 Å². The van der Waals surface area contributed by atoms with E-state index >= 15 is 0 Å². The minimum absolute atomic E-state index is 0.554. The summed E-state index contributed by atoms with van der Waals surface area (Å²) in [5.74, 6) is 1.53. The lowest BCUT2D eigenvalue weighted by Gasteiger charge is -2.07. The third-order valence-corrected chi connectivity index (χ3v) is 2.69. The molecule has 0 bridgehead atoms. The van der Waals surface area contributed by atoms with Crippen LogP contribution < -0.4 is 0 Å². The molecule has 2 heteroatoms. The summed E-state index contributed by atoms with van der Waals surface area (Å²) in [5.41, 5.74) is 1.36. The van der Waals surface area contributed by atoms with Crippen molar-refractivity contribution in [1.82, 2.24) is 0 Å². The van der Waals surface area contributed by atoms with E-state index in [2.05, 4.69) is 31.2 Å². The molecule has 0 saturated carbocycles. The predicted molar refractivity (Wildman–Crippen MR) is 53.2 cm³/mol. The number of hydrogen-bond donors (Lipinski definition) is 0. The lowest BCUT2D eigenvalue weighted by atomic mass is 10.0. The fourth-order valence-electron chi connectivity index (χ4n) is 0.972. The SMILES string of the molecule is CC(CSCl)c1ccccc1. The van der Waals surface area contributed by atoms with Crippen molar-refractivity contribution in [3.63, 3.8) is 0 Å². The van der Waals surface area contributed by atoms with Gasteiger partial charge in [-0.1, -0.05) is 48.2 Å². The van der Waals surface area contributed by atoms with Crippen LogP contribution in [0.2, 0.25) is 0 Å². The molecule has 0 amide bonds. The monoisotopic (exact) mass is 186 g/mol. The van der Waals surface area contributed by atoms with Gasteiger partial charge in [-0.3, -0.25) is 0 Å². The maximum atomic E-state index is 5.56. The lowest BCUT2D eigenvalue weighted by Crippen LogP contribution is -1.94. The minimum atomic E-state index is 0.554. The van der Waals surface area contributed by atoms with Crippen molar-refractivity contribution in [2.45, 2.75) is 12.8 Å². The van der Waals surface area contributed by atoms with Crippen LogP contribution in [0.15, 0.2) is 30.3 Å². The van der Waals surface area contributed by atoms with Gasteiger partial charge < -0.3 is 0 Å². The first-order valence-electron chi connectivity index (χ1n) is 3.63. The van der Waals surface area contributed by atoms with Gasteiger partial charge in [0.15, 0.2) is 0 Å². The highest BCUT2D eigenvalue weighted by atomic mass is 35.7. The maximum absolute atomic E-state index is 5.56. The third-order valence-electron chi connectivity index (χ3n) is 1.68. The third kappa shape index (κ3) is 2.76. The normalized spacial score (nSPS) is 12.9. The zero-order valence-corrected chi connectivity index (χ0v) is 8.03. The second-order valence-corrected chi connectivity index (χ2v) is 3.79. The Balaban J connectivity index is 2.61. The summed E-state index contributed by atoms with van der Waals surface area (Å²) in [4.78, 5) is 0. The Morgan fingerprint density at radius 1 is 1.36 bits per heavy atom. The van der Waals surface area contributed by atoms with Gasteiger partial charge in [-0.2, -0.15) is 0 Å². The average molecular weight is 187 g/mol. The zero-order chi connectivity index (χ0) is 8.10. The first kappa shape index (κ1) is 8.95.